The number of halogens is 1. The van der Waals surface area contributed by atoms with E-state index >= 15 is 0 Å². The van der Waals surface area contributed by atoms with Crippen molar-refractivity contribution in [2.75, 3.05) is 38.0 Å². The van der Waals surface area contributed by atoms with Crippen molar-refractivity contribution < 1.29 is 14.3 Å². The molecule has 0 heterocycles. The van der Waals surface area contributed by atoms with E-state index in [0.717, 1.165) is 17.8 Å². The molecular formula is C19H23BrN2O3. The Kier molecular flexibility index (Phi) is 6.70. The predicted octanol–water partition coefficient (Wildman–Crippen LogP) is 4.56. The van der Waals surface area contributed by atoms with Crippen LogP contribution in [0.2, 0.25) is 0 Å². The third kappa shape index (κ3) is 4.66. The number of nitrogens with one attached hydrogen (secondary N) is 1. The van der Waals surface area contributed by atoms with Gasteiger partial charge in [0.1, 0.15) is 0 Å². The van der Waals surface area contributed by atoms with Crippen LogP contribution in [0.1, 0.15) is 23.7 Å². The minimum atomic E-state index is -0.213. The fraction of sp³-hybridized carbons (Fsp3) is 0.316. The third-order valence-corrected chi connectivity index (χ3v) is 4.17. The molecule has 0 aliphatic carbocycles. The Morgan fingerprint density at radius 2 is 1.96 bits per heavy atom. The molecule has 0 spiro atoms. The molecule has 2 aromatic rings. The van der Waals surface area contributed by atoms with Gasteiger partial charge in [-0.2, -0.15) is 0 Å². The highest BCUT2D eigenvalue weighted by Crippen LogP contribution is 2.37. The average molecular weight is 407 g/mol. The number of benzene rings is 2. The van der Waals surface area contributed by atoms with E-state index in [1.54, 1.807) is 19.2 Å². The van der Waals surface area contributed by atoms with Gasteiger partial charge in [-0.15, -0.1) is 0 Å². The highest BCUT2D eigenvalue weighted by atomic mass is 79.9. The normalized spacial score (nSPS) is 10.3. The van der Waals surface area contributed by atoms with Crippen LogP contribution in [0.3, 0.4) is 0 Å². The van der Waals surface area contributed by atoms with Gasteiger partial charge in [-0.1, -0.05) is 19.1 Å². The quantitative estimate of drug-likeness (QED) is 0.731. The summed E-state index contributed by atoms with van der Waals surface area (Å²) in [6.07, 6.45) is 0.888. The number of carbonyl (C=O) groups excluding carboxylic acids is 1. The number of carbonyl (C=O) groups is 1. The molecule has 1 amide bonds. The van der Waals surface area contributed by atoms with Crippen LogP contribution >= 0.6 is 15.9 Å². The largest absolute Gasteiger partial charge is 0.493 e. The molecule has 0 unspecified atom stereocenters. The van der Waals surface area contributed by atoms with Crippen LogP contribution in [0, 0.1) is 0 Å². The lowest BCUT2D eigenvalue weighted by atomic mass is 10.1. The first-order chi connectivity index (χ1) is 12.0. The van der Waals surface area contributed by atoms with E-state index in [-0.39, 0.29) is 5.91 Å². The zero-order valence-electron chi connectivity index (χ0n) is 14.9. The first-order valence-electron chi connectivity index (χ1n) is 8.06. The monoisotopic (exact) mass is 406 g/mol. The lowest BCUT2D eigenvalue weighted by Crippen LogP contribution is -2.17. The van der Waals surface area contributed by atoms with Crippen molar-refractivity contribution in [1.82, 2.24) is 0 Å². The number of rotatable bonds is 7. The van der Waals surface area contributed by atoms with Crippen molar-refractivity contribution >= 4 is 33.2 Å². The molecular weight excluding hydrogens is 384 g/mol. The Bertz CT molecular complexity index is 747. The maximum Gasteiger partial charge on any atom is 0.255 e. The summed E-state index contributed by atoms with van der Waals surface area (Å²) in [6, 6.07) is 11.1. The molecule has 134 valence electrons. The molecule has 0 radical (unpaired) electrons. The number of ether oxygens (including phenoxy) is 2. The Morgan fingerprint density at radius 3 is 2.60 bits per heavy atom. The molecule has 0 aromatic heterocycles. The topological polar surface area (TPSA) is 50.8 Å². The van der Waals surface area contributed by atoms with E-state index < -0.39 is 0 Å². The summed E-state index contributed by atoms with van der Waals surface area (Å²) >= 11 is 3.47. The Hall–Kier alpha value is -2.21. The van der Waals surface area contributed by atoms with Crippen molar-refractivity contribution in [2.45, 2.75) is 13.3 Å². The van der Waals surface area contributed by atoms with Crippen molar-refractivity contribution in [1.29, 1.82) is 0 Å². The molecule has 0 atom stereocenters. The molecule has 2 rings (SSSR count). The second-order valence-corrected chi connectivity index (χ2v) is 6.56. The highest BCUT2D eigenvalue weighted by Gasteiger charge is 2.16. The van der Waals surface area contributed by atoms with Gasteiger partial charge in [0, 0.05) is 19.7 Å². The van der Waals surface area contributed by atoms with E-state index in [1.807, 2.05) is 50.2 Å². The van der Waals surface area contributed by atoms with Crippen LogP contribution in [-0.2, 0) is 0 Å². The molecule has 0 saturated heterocycles. The molecule has 0 aliphatic heterocycles. The summed E-state index contributed by atoms with van der Waals surface area (Å²) in [4.78, 5) is 14.6. The van der Waals surface area contributed by atoms with E-state index in [2.05, 4.69) is 21.2 Å². The maximum absolute atomic E-state index is 12.7. The number of amides is 1. The summed E-state index contributed by atoms with van der Waals surface area (Å²) in [5.74, 6) is 0.916. The molecule has 0 bridgehead atoms. The third-order valence-electron chi connectivity index (χ3n) is 3.58. The number of hydrogen-bond donors (Lipinski definition) is 1. The summed E-state index contributed by atoms with van der Waals surface area (Å²) in [5, 5.41) is 2.95. The Labute approximate surface area is 157 Å². The van der Waals surface area contributed by atoms with E-state index in [4.69, 9.17) is 9.47 Å². The van der Waals surface area contributed by atoms with Crippen LogP contribution in [0.15, 0.2) is 40.9 Å². The lowest BCUT2D eigenvalue weighted by Gasteiger charge is -2.18. The van der Waals surface area contributed by atoms with Crippen LogP contribution < -0.4 is 19.7 Å². The fourth-order valence-corrected chi connectivity index (χ4v) is 2.92. The number of anilines is 2. The van der Waals surface area contributed by atoms with Gasteiger partial charge in [0.25, 0.3) is 5.91 Å². The average Bonchev–Trinajstić information content (AvgIpc) is 2.60. The minimum Gasteiger partial charge on any atom is -0.493 e. The van der Waals surface area contributed by atoms with Crippen molar-refractivity contribution in [2.24, 2.45) is 0 Å². The van der Waals surface area contributed by atoms with Crippen molar-refractivity contribution in [3.8, 4) is 11.5 Å². The molecule has 1 N–H and O–H groups in total. The first-order valence-corrected chi connectivity index (χ1v) is 8.85. The minimum absolute atomic E-state index is 0.213. The zero-order valence-corrected chi connectivity index (χ0v) is 16.5. The molecule has 6 heteroatoms. The van der Waals surface area contributed by atoms with Gasteiger partial charge in [-0.3, -0.25) is 4.79 Å². The van der Waals surface area contributed by atoms with Crippen LogP contribution in [0.25, 0.3) is 0 Å². The molecule has 25 heavy (non-hydrogen) atoms. The Morgan fingerprint density at radius 1 is 1.24 bits per heavy atom. The van der Waals surface area contributed by atoms with Crippen molar-refractivity contribution in [3.05, 3.63) is 46.4 Å². The van der Waals surface area contributed by atoms with Gasteiger partial charge in [-0.25, -0.2) is 0 Å². The van der Waals surface area contributed by atoms with Gasteiger partial charge >= 0.3 is 0 Å². The predicted molar refractivity (Wildman–Crippen MR) is 105 cm³/mol. The number of para-hydroxylation sites is 2. The van der Waals surface area contributed by atoms with E-state index in [0.29, 0.717) is 28.1 Å². The summed E-state index contributed by atoms with van der Waals surface area (Å²) < 4.78 is 11.8. The highest BCUT2D eigenvalue weighted by molar-refractivity contribution is 9.10. The smallest absolute Gasteiger partial charge is 0.255 e. The first kappa shape index (κ1) is 19.1. The van der Waals surface area contributed by atoms with Crippen LogP contribution in [0.4, 0.5) is 11.4 Å². The summed E-state index contributed by atoms with van der Waals surface area (Å²) in [7, 11) is 5.43. The van der Waals surface area contributed by atoms with E-state index in [9.17, 15) is 4.79 Å². The molecule has 0 aliphatic rings. The number of methoxy groups -OCH3 is 1. The molecule has 5 nitrogen and oxygen atoms in total. The zero-order chi connectivity index (χ0) is 18.4. The van der Waals surface area contributed by atoms with Crippen LogP contribution in [-0.4, -0.2) is 33.7 Å². The van der Waals surface area contributed by atoms with Gasteiger partial charge in [0.05, 0.1) is 29.6 Å². The van der Waals surface area contributed by atoms with Crippen molar-refractivity contribution in [3.63, 3.8) is 0 Å². The van der Waals surface area contributed by atoms with Crippen LogP contribution in [0.5, 0.6) is 11.5 Å². The second kappa shape index (κ2) is 8.76. The maximum atomic E-state index is 12.7. The van der Waals surface area contributed by atoms with Gasteiger partial charge < -0.3 is 19.7 Å². The SMILES string of the molecule is CCCOc1c(Br)cc(C(=O)Nc2ccccc2N(C)C)cc1OC. The van der Waals surface area contributed by atoms with Gasteiger partial charge in [0.2, 0.25) is 0 Å². The van der Waals surface area contributed by atoms with E-state index in [1.165, 1.54) is 0 Å². The number of nitrogens with zero attached hydrogens (tertiary/aromatic N) is 1. The molecule has 2 aromatic carbocycles. The van der Waals surface area contributed by atoms with Gasteiger partial charge in [-0.05, 0) is 46.6 Å². The molecule has 0 saturated carbocycles. The summed E-state index contributed by atoms with van der Waals surface area (Å²) in [6.45, 7) is 2.61. The standard InChI is InChI=1S/C19H23BrN2O3/c1-5-10-25-18-14(20)11-13(12-17(18)24-4)19(23)21-15-8-6-7-9-16(15)22(2)3/h6-9,11-12H,5,10H2,1-4H3,(H,21,23). The second-order valence-electron chi connectivity index (χ2n) is 5.70. The molecule has 0 fully saturated rings. The summed E-state index contributed by atoms with van der Waals surface area (Å²) in [5.41, 5.74) is 2.17. The van der Waals surface area contributed by atoms with Gasteiger partial charge in [0.15, 0.2) is 11.5 Å². The lowest BCUT2D eigenvalue weighted by molar-refractivity contribution is 0.102. The Balaban J connectivity index is 2.30. The fourth-order valence-electron chi connectivity index (χ4n) is 2.36. The number of hydrogen-bond acceptors (Lipinski definition) is 4.